The van der Waals surface area contributed by atoms with Crippen LogP contribution in [0.1, 0.15) is 21.5 Å². The Morgan fingerprint density at radius 2 is 2.00 bits per heavy atom. The highest BCUT2D eigenvalue weighted by Crippen LogP contribution is 2.15. The molecule has 106 valence electrons. The van der Waals surface area contributed by atoms with E-state index < -0.39 is 17.6 Å². The lowest BCUT2D eigenvalue weighted by molar-refractivity contribution is 0.0467. The highest BCUT2D eigenvalue weighted by atomic mass is 19.1. The number of hydrogen-bond acceptors (Lipinski definition) is 4. The van der Waals surface area contributed by atoms with Gasteiger partial charge in [-0.2, -0.15) is 5.26 Å². The highest BCUT2D eigenvalue weighted by Gasteiger charge is 2.14. The summed E-state index contributed by atoms with van der Waals surface area (Å²) >= 11 is 0. The van der Waals surface area contributed by atoms with E-state index in [2.05, 4.69) is 0 Å². The SMILES string of the molecule is N#Cc1cc(F)cc(COC(=O)c2cc(N)ccc2F)c1. The molecule has 0 saturated heterocycles. The molecule has 2 aromatic carbocycles. The summed E-state index contributed by atoms with van der Waals surface area (Å²) < 4.78 is 31.6. The van der Waals surface area contributed by atoms with Gasteiger partial charge in [0.25, 0.3) is 0 Å². The average Bonchev–Trinajstić information content (AvgIpc) is 2.46. The first-order valence-corrected chi connectivity index (χ1v) is 5.91. The van der Waals surface area contributed by atoms with Gasteiger partial charge in [-0.1, -0.05) is 0 Å². The molecule has 0 aliphatic carbocycles. The lowest BCUT2D eigenvalue weighted by Gasteiger charge is -2.07. The van der Waals surface area contributed by atoms with Gasteiger partial charge >= 0.3 is 5.97 Å². The average molecular weight is 288 g/mol. The molecule has 6 heteroatoms. The molecule has 0 aliphatic rings. The van der Waals surface area contributed by atoms with E-state index in [0.717, 1.165) is 24.3 Å². The molecule has 2 aromatic rings. The molecule has 0 aromatic heterocycles. The molecule has 2 N–H and O–H groups in total. The molecule has 0 radical (unpaired) electrons. The second kappa shape index (κ2) is 6.01. The van der Waals surface area contributed by atoms with E-state index in [1.807, 2.05) is 0 Å². The minimum atomic E-state index is -0.914. The Kier molecular flexibility index (Phi) is 4.14. The fourth-order valence-corrected chi connectivity index (χ4v) is 1.72. The first kappa shape index (κ1) is 14.5. The number of carbonyl (C=O) groups excluding carboxylic acids is 1. The summed E-state index contributed by atoms with van der Waals surface area (Å²) in [4.78, 5) is 11.8. The van der Waals surface area contributed by atoms with Crippen LogP contribution in [0.3, 0.4) is 0 Å². The van der Waals surface area contributed by atoms with Crippen LogP contribution in [-0.2, 0) is 11.3 Å². The van der Waals surface area contributed by atoms with E-state index in [-0.39, 0.29) is 23.4 Å². The summed E-state index contributed by atoms with van der Waals surface area (Å²) in [6.45, 7) is -0.278. The molecule has 0 atom stereocenters. The summed E-state index contributed by atoms with van der Waals surface area (Å²) in [5.74, 6) is -2.29. The van der Waals surface area contributed by atoms with Gasteiger partial charge in [0.05, 0.1) is 17.2 Å². The number of nitrogens with zero attached hydrogens (tertiary/aromatic N) is 1. The standard InChI is InChI=1S/C15H10F2N2O2/c16-11-4-9(7-18)3-10(5-11)8-21-15(20)13-6-12(19)1-2-14(13)17/h1-6H,8,19H2. The van der Waals surface area contributed by atoms with Crippen LogP contribution in [0.2, 0.25) is 0 Å². The number of halogens is 2. The van der Waals surface area contributed by atoms with Crippen molar-refractivity contribution in [2.24, 2.45) is 0 Å². The molecule has 0 saturated carbocycles. The van der Waals surface area contributed by atoms with Gasteiger partial charge in [-0.3, -0.25) is 0 Å². The Morgan fingerprint density at radius 1 is 1.24 bits per heavy atom. The van der Waals surface area contributed by atoms with E-state index in [4.69, 9.17) is 15.7 Å². The molecule has 0 bridgehead atoms. The molecule has 0 heterocycles. The summed E-state index contributed by atoms with van der Waals surface area (Å²) in [5, 5.41) is 8.72. The number of nitriles is 1. The maximum atomic E-state index is 13.5. The van der Waals surface area contributed by atoms with Crippen molar-refractivity contribution in [1.29, 1.82) is 5.26 Å². The van der Waals surface area contributed by atoms with E-state index >= 15 is 0 Å². The van der Waals surface area contributed by atoms with Crippen molar-refractivity contribution in [2.45, 2.75) is 6.61 Å². The third-order valence-corrected chi connectivity index (χ3v) is 2.67. The van der Waals surface area contributed by atoms with Crippen molar-refractivity contribution >= 4 is 11.7 Å². The fourth-order valence-electron chi connectivity index (χ4n) is 1.72. The van der Waals surface area contributed by atoms with Crippen LogP contribution in [0.5, 0.6) is 0 Å². The number of anilines is 1. The van der Waals surface area contributed by atoms with Gasteiger partial charge < -0.3 is 10.5 Å². The van der Waals surface area contributed by atoms with E-state index in [0.29, 0.717) is 5.56 Å². The largest absolute Gasteiger partial charge is 0.457 e. The number of benzene rings is 2. The fraction of sp³-hybridized carbons (Fsp3) is 0.0667. The van der Waals surface area contributed by atoms with Gasteiger partial charge in [-0.15, -0.1) is 0 Å². The van der Waals surface area contributed by atoms with Crippen molar-refractivity contribution in [3.05, 3.63) is 64.7 Å². The number of ether oxygens (including phenoxy) is 1. The van der Waals surface area contributed by atoms with Crippen LogP contribution in [0.15, 0.2) is 36.4 Å². The number of esters is 1. The number of rotatable bonds is 3. The Balaban J connectivity index is 2.13. The van der Waals surface area contributed by atoms with Gasteiger partial charge in [0, 0.05) is 5.69 Å². The topological polar surface area (TPSA) is 76.1 Å². The quantitative estimate of drug-likeness (QED) is 0.696. The molecule has 0 unspecified atom stereocenters. The van der Waals surface area contributed by atoms with Gasteiger partial charge in [0.2, 0.25) is 0 Å². The van der Waals surface area contributed by atoms with Crippen molar-refractivity contribution in [2.75, 3.05) is 5.73 Å². The predicted octanol–water partition coefficient (Wildman–Crippen LogP) is 2.78. The summed E-state index contributed by atoms with van der Waals surface area (Å²) in [7, 11) is 0. The van der Waals surface area contributed by atoms with Crippen molar-refractivity contribution in [1.82, 2.24) is 0 Å². The minimum absolute atomic E-state index is 0.108. The van der Waals surface area contributed by atoms with Gasteiger partial charge in [-0.05, 0) is 42.0 Å². The van der Waals surface area contributed by atoms with Gasteiger partial charge in [-0.25, -0.2) is 13.6 Å². The van der Waals surface area contributed by atoms with E-state index in [1.54, 1.807) is 6.07 Å². The zero-order chi connectivity index (χ0) is 15.4. The van der Waals surface area contributed by atoms with Gasteiger partial charge in [0.15, 0.2) is 0 Å². The molecule has 0 spiro atoms. The molecular weight excluding hydrogens is 278 g/mol. The minimum Gasteiger partial charge on any atom is -0.457 e. The van der Waals surface area contributed by atoms with Crippen LogP contribution in [0.25, 0.3) is 0 Å². The molecule has 2 rings (SSSR count). The van der Waals surface area contributed by atoms with E-state index in [1.165, 1.54) is 12.1 Å². The zero-order valence-corrected chi connectivity index (χ0v) is 10.8. The second-order valence-corrected chi connectivity index (χ2v) is 4.28. The van der Waals surface area contributed by atoms with Crippen LogP contribution < -0.4 is 5.73 Å². The van der Waals surface area contributed by atoms with Crippen molar-refractivity contribution < 1.29 is 18.3 Å². The number of nitrogens with two attached hydrogens (primary N) is 1. The maximum absolute atomic E-state index is 13.5. The third-order valence-electron chi connectivity index (χ3n) is 2.67. The lowest BCUT2D eigenvalue weighted by atomic mass is 10.1. The predicted molar refractivity (Wildman–Crippen MR) is 71.0 cm³/mol. The Labute approximate surface area is 119 Å². The first-order chi connectivity index (χ1) is 9.99. The smallest absolute Gasteiger partial charge is 0.341 e. The van der Waals surface area contributed by atoms with Crippen molar-refractivity contribution in [3.8, 4) is 6.07 Å². The lowest BCUT2D eigenvalue weighted by Crippen LogP contribution is -2.08. The first-order valence-electron chi connectivity index (χ1n) is 5.91. The highest BCUT2D eigenvalue weighted by molar-refractivity contribution is 5.90. The molecule has 0 amide bonds. The Morgan fingerprint density at radius 3 is 2.71 bits per heavy atom. The zero-order valence-electron chi connectivity index (χ0n) is 10.8. The van der Waals surface area contributed by atoms with Crippen LogP contribution in [-0.4, -0.2) is 5.97 Å². The number of carbonyl (C=O) groups is 1. The monoisotopic (exact) mass is 288 g/mol. The maximum Gasteiger partial charge on any atom is 0.341 e. The number of hydrogen-bond donors (Lipinski definition) is 1. The molecule has 0 fully saturated rings. The molecule has 21 heavy (non-hydrogen) atoms. The van der Waals surface area contributed by atoms with E-state index in [9.17, 15) is 13.6 Å². The van der Waals surface area contributed by atoms with Crippen LogP contribution in [0.4, 0.5) is 14.5 Å². The van der Waals surface area contributed by atoms with Crippen molar-refractivity contribution in [3.63, 3.8) is 0 Å². The Hall–Kier alpha value is -2.94. The summed E-state index contributed by atoms with van der Waals surface area (Å²) in [5.41, 5.74) is 5.80. The summed E-state index contributed by atoms with van der Waals surface area (Å²) in [6.07, 6.45) is 0. The second-order valence-electron chi connectivity index (χ2n) is 4.28. The van der Waals surface area contributed by atoms with Crippen LogP contribution >= 0.6 is 0 Å². The summed E-state index contributed by atoms with van der Waals surface area (Å²) in [6, 6.07) is 8.89. The normalized spacial score (nSPS) is 9.95. The van der Waals surface area contributed by atoms with Crippen LogP contribution in [0, 0.1) is 23.0 Å². The van der Waals surface area contributed by atoms with Gasteiger partial charge in [0.1, 0.15) is 18.2 Å². The molecule has 4 nitrogen and oxygen atoms in total. The molecular formula is C15H10F2N2O2. The molecule has 0 aliphatic heterocycles. The number of nitrogen functional groups attached to an aromatic ring is 1. The Bertz CT molecular complexity index is 739. The third kappa shape index (κ3) is 3.54.